The Morgan fingerprint density at radius 1 is 0.818 bits per heavy atom. The lowest BCUT2D eigenvalue weighted by Crippen LogP contribution is -2.53. The van der Waals surface area contributed by atoms with Crippen LogP contribution in [-0.4, -0.2) is 74.9 Å². The SMILES string of the molecule is O=C1[C@@H]2[C@H]3C(=O)N(CCCCCO)C4C(=O)N(c5ccc6ccccc6c5)CC=C[C@@]43S[C@@H]2C=CCN1Cc1ccccc1. The molecule has 1 unspecified atom stereocenters. The van der Waals surface area contributed by atoms with E-state index in [2.05, 4.69) is 18.2 Å². The molecule has 0 radical (unpaired) electrons. The molecule has 4 heterocycles. The van der Waals surface area contributed by atoms with Gasteiger partial charge in [-0.15, -0.1) is 11.8 Å². The number of nitrogens with zero attached hydrogens (tertiary/aromatic N) is 3. The number of hydrogen-bond donors (Lipinski definition) is 1. The van der Waals surface area contributed by atoms with Crippen LogP contribution < -0.4 is 4.90 Å². The van der Waals surface area contributed by atoms with E-state index in [0.717, 1.165) is 28.4 Å². The fourth-order valence-corrected chi connectivity index (χ4v) is 9.53. The average molecular weight is 608 g/mol. The van der Waals surface area contributed by atoms with E-state index in [-0.39, 0.29) is 29.6 Å². The standard InChI is InChI=1S/C36H37N3O4S/c40-22-8-2-7-20-39-32-35(43)38(28-17-16-26-13-5-6-14-27(26)23-28)21-10-18-36(32)31(34(39)42)30-29(44-36)15-9-19-37(33(30)41)24-25-11-3-1-4-12-25/h1,3-6,9-18,23,29-32,40H,2,7-8,19-22,24H2/t29-,30+,31+,32?,36+/m1/s1. The van der Waals surface area contributed by atoms with Crippen LogP contribution in [-0.2, 0) is 20.9 Å². The Hall–Kier alpha value is -3.88. The Morgan fingerprint density at radius 2 is 1.61 bits per heavy atom. The molecule has 1 spiro atoms. The van der Waals surface area contributed by atoms with Gasteiger partial charge >= 0.3 is 0 Å². The molecule has 4 aliphatic heterocycles. The number of amides is 3. The van der Waals surface area contributed by atoms with Crippen molar-refractivity contribution in [2.24, 2.45) is 11.8 Å². The van der Waals surface area contributed by atoms with Crippen molar-refractivity contribution < 1.29 is 19.5 Å². The third-order valence-electron chi connectivity index (χ3n) is 9.56. The molecule has 7 rings (SSSR count). The van der Waals surface area contributed by atoms with Crippen LogP contribution in [0, 0.1) is 11.8 Å². The fourth-order valence-electron chi connectivity index (χ4n) is 7.52. The molecule has 3 amide bonds. The van der Waals surface area contributed by atoms with Gasteiger partial charge in [0.2, 0.25) is 11.8 Å². The van der Waals surface area contributed by atoms with Gasteiger partial charge in [-0.1, -0.05) is 85.0 Å². The van der Waals surface area contributed by atoms with Crippen molar-refractivity contribution in [2.75, 3.05) is 31.1 Å². The van der Waals surface area contributed by atoms with Crippen molar-refractivity contribution in [2.45, 2.75) is 41.8 Å². The van der Waals surface area contributed by atoms with Crippen LogP contribution in [0.25, 0.3) is 10.8 Å². The van der Waals surface area contributed by atoms with E-state index < -0.39 is 22.6 Å². The number of rotatable bonds is 8. The highest BCUT2D eigenvalue weighted by atomic mass is 32.2. The molecule has 0 aromatic heterocycles. The molecule has 0 aliphatic carbocycles. The predicted molar refractivity (Wildman–Crippen MR) is 174 cm³/mol. The van der Waals surface area contributed by atoms with Crippen LogP contribution in [0.4, 0.5) is 5.69 Å². The predicted octanol–water partition coefficient (Wildman–Crippen LogP) is 4.80. The highest BCUT2D eigenvalue weighted by molar-refractivity contribution is 8.02. The number of carbonyl (C=O) groups excluding carboxylic acids is 3. The molecule has 3 aromatic rings. The number of unbranched alkanes of at least 4 members (excludes halogenated alkanes) is 2. The minimum absolute atomic E-state index is 0.0241. The maximum atomic E-state index is 14.7. The number of likely N-dealkylation sites (tertiary alicyclic amines) is 1. The summed E-state index contributed by atoms with van der Waals surface area (Å²) < 4.78 is -0.845. The molecule has 8 heteroatoms. The number of anilines is 1. The minimum Gasteiger partial charge on any atom is -0.396 e. The lowest BCUT2D eigenvalue weighted by molar-refractivity contribution is -0.143. The summed E-state index contributed by atoms with van der Waals surface area (Å²) in [6.45, 7) is 1.88. The van der Waals surface area contributed by atoms with Crippen LogP contribution in [0.15, 0.2) is 97.1 Å². The maximum absolute atomic E-state index is 14.7. The smallest absolute Gasteiger partial charge is 0.251 e. The van der Waals surface area contributed by atoms with Crippen molar-refractivity contribution in [1.29, 1.82) is 0 Å². The average Bonchev–Trinajstić information content (AvgIpc) is 3.36. The second kappa shape index (κ2) is 11.9. The molecular weight excluding hydrogens is 570 g/mol. The van der Waals surface area contributed by atoms with Crippen molar-refractivity contribution in [3.63, 3.8) is 0 Å². The zero-order valence-electron chi connectivity index (χ0n) is 24.6. The Kier molecular flexibility index (Phi) is 7.81. The summed E-state index contributed by atoms with van der Waals surface area (Å²) in [7, 11) is 0. The molecule has 2 saturated heterocycles. The van der Waals surface area contributed by atoms with Crippen molar-refractivity contribution >= 4 is 45.9 Å². The number of aliphatic hydroxyl groups is 1. The molecule has 4 aliphatic rings. The van der Waals surface area contributed by atoms with Crippen molar-refractivity contribution in [3.05, 3.63) is 103 Å². The van der Waals surface area contributed by atoms with Crippen molar-refractivity contribution in [1.82, 2.24) is 9.80 Å². The van der Waals surface area contributed by atoms with Gasteiger partial charge in [0, 0.05) is 43.7 Å². The molecule has 2 fully saturated rings. The first-order chi connectivity index (χ1) is 21.5. The number of hydrogen-bond acceptors (Lipinski definition) is 5. The van der Waals surface area contributed by atoms with E-state index in [4.69, 9.17) is 0 Å². The summed E-state index contributed by atoms with van der Waals surface area (Å²) in [4.78, 5) is 49.0. The van der Waals surface area contributed by atoms with E-state index in [0.29, 0.717) is 39.0 Å². The zero-order chi connectivity index (χ0) is 30.3. The first-order valence-electron chi connectivity index (χ1n) is 15.6. The van der Waals surface area contributed by atoms with Gasteiger partial charge in [0.05, 0.1) is 16.6 Å². The molecule has 7 nitrogen and oxygen atoms in total. The quantitative estimate of drug-likeness (QED) is 0.294. The summed E-state index contributed by atoms with van der Waals surface area (Å²) in [6, 6.07) is 23.4. The lowest BCUT2D eigenvalue weighted by atomic mass is 9.78. The van der Waals surface area contributed by atoms with Crippen molar-refractivity contribution in [3.8, 4) is 0 Å². The van der Waals surface area contributed by atoms with Gasteiger partial charge in [-0.2, -0.15) is 0 Å². The number of carbonyl (C=O) groups is 3. The van der Waals surface area contributed by atoms with Gasteiger partial charge in [0.1, 0.15) is 6.04 Å². The molecule has 0 bridgehead atoms. The van der Waals surface area contributed by atoms with E-state index in [9.17, 15) is 19.5 Å². The summed E-state index contributed by atoms with van der Waals surface area (Å²) >= 11 is 1.62. The first-order valence-corrected chi connectivity index (χ1v) is 16.5. The zero-order valence-corrected chi connectivity index (χ0v) is 25.4. The highest BCUT2D eigenvalue weighted by Crippen LogP contribution is 2.61. The summed E-state index contributed by atoms with van der Waals surface area (Å²) in [6.07, 6.45) is 10.3. The Labute approximate surface area is 262 Å². The van der Waals surface area contributed by atoms with Crippen LogP contribution in [0.3, 0.4) is 0 Å². The van der Waals surface area contributed by atoms with Gasteiger partial charge < -0.3 is 19.8 Å². The van der Waals surface area contributed by atoms with E-state index in [1.54, 1.807) is 21.6 Å². The van der Waals surface area contributed by atoms with Gasteiger partial charge in [-0.25, -0.2) is 0 Å². The van der Waals surface area contributed by atoms with Crippen LogP contribution in [0.5, 0.6) is 0 Å². The Bertz CT molecular complexity index is 1640. The number of fused-ring (bicyclic) bond motifs is 3. The first kappa shape index (κ1) is 28.9. The highest BCUT2D eigenvalue weighted by Gasteiger charge is 2.70. The Morgan fingerprint density at radius 3 is 2.43 bits per heavy atom. The molecular formula is C36H37N3O4S. The summed E-state index contributed by atoms with van der Waals surface area (Å²) in [5.74, 6) is -1.43. The number of benzene rings is 3. The van der Waals surface area contributed by atoms with Gasteiger partial charge in [0.25, 0.3) is 5.91 Å². The molecule has 3 aromatic carbocycles. The maximum Gasteiger partial charge on any atom is 0.251 e. The molecule has 1 N–H and O–H groups in total. The Balaban J connectivity index is 1.26. The second-order valence-corrected chi connectivity index (χ2v) is 13.7. The van der Waals surface area contributed by atoms with E-state index in [1.807, 2.05) is 83.8 Å². The third-order valence-corrected chi connectivity index (χ3v) is 11.3. The molecule has 226 valence electrons. The normalized spacial score (nSPS) is 27.8. The molecule has 44 heavy (non-hydrogen) atoms. The largest absolute Gasteiger partial charge is 0.396 e. The van der Waals surface area contributed by atoms with Crippen LogP contribution >= 0.6 is 11.8 Å². The fraction of sp³-hybridized carbons (Fsp3) is 0.361. The topological polar surface area (TPSA) is 81.2 Å². The number of thioether (sulfide) groups is 1. The van der Waals surface area contributed by atoms with Gasteiger partial charge in [0.15, 0.2) is 0 Å². The van der Waals surface area contributed by atoms with Crippen LogP contribution in [0.2, 0.25) is 0 Å². The van der Waals surface area contributed by atoms with Gasteiger partial charge in [-0.3, -0.25) is 14.4 Å². The third kappa shape index (κ3) is 4.85. The number of aliphatic hydroxyl groups excluding tert-OH is 1. The monoisotopic (exact) mass is 607 g/mol. The summed E-state index contributed by atoms with van der Waals surface area (Å²) in [5, 5.41) is 11.3. The molecule has 0 saturated carbocycles. The minimum atomic E-state index is -0.845. The van der Waals surface area contributed by atoms with Crippen LogP contribution in [0.1, 0.15) is 24.8 Å². The molecule has 5 atom stereocenters. The lowest BCUT2D eigenvalue weighted by Gasteiger charge is -2.35. The second-order valence-electron chi connectivity index (χ2n) is 12.2. The van der Waals surface area contributed by atoms with E-state index >= 15 is 0 Å². The summed E-state index contributed by atoms with van der Waals surface area (Å²) in [5.41, 5.74) is 1.85. The van der Waals surface area contributed by atoms with E-state index in [1.165, 1.54) is 0 Å². The van der Waals surface area contributed by atoms with Gasteiger partial charge in [-0.05, 0) is 47.7 Å².